The number of nitrogens with zero attached hydrogens (tertiary/aromatic N) is 1. The smallest absolute Gasteiger partial charge is 0.241 e. The number of ether oxygens (including phenoxy) is 2. The Kier molecular flexibility index (Phi) is 7.90. The minimum atomic E-state index is -3.69. The van der Waals surface area contributed by atoms with Crippen molar-refractivity contribution >= 4 is 21.6 Å². The van der Waals surface area contributed by atoms with Gasteiger partial charge in [-0.1, -0.05) is 30.3 Å². The zero-order valence-corrected chi connectivity index (χ0v) is 18.0. The molecule has 1 amide bonds. The zero-order chi connectivity index (χ0) is 21.4. The van der Waals surface area contributed by atoms with Crippen LogP contribution in [0.25, 0.3) is 0 Å². The van der Waals surface area contributed by atoms with E-state index in [1.54, 1.807) is 31.2 Å². The Labute approximate surface area is 172 Å². The number of carbonyl (C=O) groups excluding carboxylic acids is 1. The normalized spacial score (nSPS) is 12.1. The zero-order valence-electron chi connectivity index (χ0n) is 17.2. The van der Waals surface area contributed by atoms with Crippen LogP contribution in [0.4, 0.5) is 5.69 Å². The summed E-state index contributed by atoms with van der Waals surface area (Å²) in [5, 5.41) is 2.78. The number of rotatable bonds is 10. The molecule has 0 heterocycles. The number of nitrogens with one attached hydrogen (secondary N) is 1. The van der Waals surface area contributed by atoms with Gasteiger partial charge in [0, 0.05) is 0 Å². The Morgan fingerprint density at radius 2 is 1.69 bits per heavy atom. The summed E-state index contributed by atoms with van der Waals surface area (Å²) in [5.74, 6) is 0.726. The number of hydrogen-bond acceptors (Lipinski definition) is 5. The Hall–Kier alpha value is -2.74. The van der Waals surface area contributed by atoms with E-state index in [9.17, 15) is 13.2 Å². The summed E-state index contributed by atoms with van der Waals surface area (Å²) in [6, 6.07) is 14.0. The lowest BCUT2D eigenvalue weighted by atomic mass is 10.2. The molecule has 2 aromatic rings. The molecule has 2 rings (SSSR count). The van der Waals surface area contributed by atoms with E-state index in [1.807, 2.05) is 38.1 Å². The van der Waals surface area contributed by atoms with Crippen LogP contribution < -0.4 is 19.1 Å². The molecule has 0 unspecified atom stereocenters. The molecule has 0 aliphatic heterocycles. The summed E-state index contributed by atoms with van der Waals surface area (Å²) in [7, 11) is -3.69. The van der Waals surface area contributed by atoms with E-state index in [0.717, 1.165) is 21.9 Å². The van der Waals surface area contributed by atoms with Crippen LogP contribution in [0.3, 0.4) is 0 Å². The number of carbonyl (C=O) groups is 1. The first kappa shape index (κ1) is 22.5. The van der Waals surface area contributed by atoms with Crippen molar-refractivity contribution in [2.45, 2.75) is 26.8 Å². The molecule has 0 aliphatic carbocycles. The van der Waals surface area contributed by atoms with Crippen molar-refractivity contribution in [3.05, 3.63) is 54.1 Å². The van der Waals surface area contributed by atoms with Crippen LogP contribution >= 0.6 is 0 Å². The molecule has 7 nitrogen and oxygen atoms in total. The molecule has 0 spiro atoms. The second-order valence-corrected chi connectivity index (χ2v) is 8.62. The first-order chi connectivity index (χ1) is 13.7. The van der Waals surface area contributed by atoms with Gasteiger partial charge in [0.05, 0.1) is 24.6 Å². The quantitative estimate of drug-likeness (QED) is 0.639. The highest BCUT2D eigenvalue weighted by Crippen LogP contribution is 2.29. The fourth-order valence-electron chi connectivity index (χ4n) is 2.75. The van der Waals surface area contributed by atoms with Crippen molar-refractivity contribution in [2.75, 3.05) is 30.3 Å². The second-order valence-electron chi connectivity index (χ2n) is 6.72. The summed E-state index contributed by atoms with van der Waals surface area (Å²) in [5.41, 5.74) is 1.33. The maximum atomic E-state index is 12.5. The first-order valence-corrected chi connectivity index (χ1v) is 11.2. The van der Waals surface area contributed by atoms with Crippen molar-refractivity contribution in [3.63, 3.8) is 0 Å². The Balaban J connectivity index is 2.04. The van der Waals surface area contributed by atoms with Gasteiger partial charge in [-0.25, -0.2) is 8.42 Å². The molecule has 0 saturated heterocycles. The van der Waals surface area contributed by atoms with Gasteiger partial charge in [0.25, 0.3) is 0 Å². The van der Waals surface area contributed by atoms with Gasteiger partial charge in [0.1, 0.15) is 24.7 Å². The average molecular weight is 421 g/mol. The fourth-order valence-corrected chi connectivity index (χ4v) is 3.61. The van der Waals surface area contributed by atoms with E-state index in [2.05, 4.69) is 5.32 Å². The number of para-hydroxylation sites is 3. The van der Waals surface area contributed by atoms with E-state index in [4.69, 9.17) is 9.47 Å². The Morgan fingerprint density at radius 3 is 2.31 bits per heavy atom. The summed E-state index contributed by atoms with van der Waals surface area (Å²) in [4.78, 5) is 12.5. The first-order valence-electron chi connectivity index (χ1n) is 9.39. The Morgan fingerprint density at radius 1 is 1.07 bits per heavy atom. The molecular formula is C21H28N2O5S. The molecule has 158 valence electrons. The molecule has 1 atom stereocenters. The van der Waals surface area contributed by atoms with Gasteiger partial charge in [-0.2, -0.15) is 0 Å². The molecule has 0 aliphatic rings. The lowest BCUT2D eigenvalue weighted by Gasteiger charge is -2.25. The van der Waals surface area contributed by atoms with Crippen LogP contribution in [-0.2, 0) is 14.8 Å². The Bertz CT molecular complexity index is 930. The SMILES string of the molecule is CCOc1ccccc1N(CC(=O)N[C@@H](C)COc1ccccc1C)S(C)(=O)=O. The number of anilines is 1. The molecule has 0 aromatic heterocycles. The van der Waals surface area contributed by atoms with Gasteiger partial charge in [-0.3, -0.25) is 9.10 Å². The lowest BCUT2D eigenvalue weighted by Crippen LogP contribution is -2.45. The minimum Gasteiger partial charge on any atom is -0.492 e. The third kappa shape index (κ3) is 6.67. The van der Waals surface area contributed by atoms with Crippen molar-refractivity contribution in [1.82, 2.24) is 5.32 Å². The molecule has 0 radical (unpaired) electrons. The highest BCUT2D eigenvalue weighted by molar-refractivity contribution is 7.92. The van der Waals surface area contributed by atoms with Crippen molar-refractivity contribution in [1.29, 1.82) is 0 Å². The highest BCUT2D eigenvalue weighted by Gasteiger charge is 2.24. The van der Waals surface area contributed by atoms with E-state index in [-0.39, 0.29) is 19.2 Å². The minimum absolute atomic E-state index is 0.269. The predicted octanol–water partition coefficient (Wildman–Crippen LogP) is 2.74. The van der Waals surface area contributed by atoms with Crippen molar-refractivity contribution in [3.8, 4) is 11.5 Å². The van der Waals surface area contributed by atoms with Gasteiger partial charge < -0.3 is 14.8 Å². The van der Waals surface area contributed by atoms with Crippen LogP contribution in [-0.4, -0.2) is 46.4 Å². The topological polar surface area (TPSA) is 84.9 Å². The summed E-state index contributed by atoms with van der Waals surface area (Å²) in [6.07, 6.45) is 1.06. The van der Waals surface area contributed by atoms with E-state index < -0.39 is 15.9 Å². The summed E-state index contributed by atoms with van der Waals surface area (Å²) in [6.45, 7) is 5.86. The molecular weight excluding hydrogens is 392 g/mol. The fraction of sp³-hybridized carbons (Fsp3) is 0.381. The van der Waals surface area contributed by atoms with Gasteiger partial charge in [0.15, 0.2) is 0 Å². The monoisotopic (exact) mass is 420 g/mol. The molecule has 0 saturated carbocycles. The predicted molar refractivity (Wildman–Crippen MR) is 114 cm³/mol. The van der Waals surface area contributed by atoms with Crippen LogP contribution in [0.15, 0.2) is 48.5 Å². The standard InChI is InChI=1S/C21H28N2O5S/c1-5-27-20-13-9-7-11-18(20)23(29(4,25)26)14-21(24)22-17(3)15-28-19-12-8-6-10-16(19)2/h6-13,17H,5,14-15H2,1-4H3,(H,22,24)/t17-/m0/s1. The van der Waals surface area contributed by atoms with Crippen LogP contribution in [0.1, 0.15) is 19.4 Å². The third-order valence-electron chi connectivity index (χ3n) is 4.11. The van der Waals surface area contributed by atoms with Gasteiger partial charge in [-0.05, 0) is 44.5 Å². The van der Waals surface area contributed by atoms with E-state index >= 15 is 0 Å². The van der Waals surface area contributed by atoms with Crippen LogP contribution in [0, 0.1) is 6.92 Å². The maximum Gasteiger partial charge on any atom is 0.241 e. The van der Waals surface area contributed by atoms with Crippen molar-refractivity contribution < 1.29 is 22.7 Å². The van der Waals surface area contributed by atoms with Crippen molar-refractivity contribution in [2.24, 2.45) is 0 Å². The second kappa shape index (κ2) is 10.2. The number of benzene rings is 2. The number of hydrogen-bond donors (Lipinski definition) is 1. The van der Waals surface area contributed by atoms with Gasteiger partial charge in [0.2, 0.25) is 15.9 Å². The average Bonchev–Trinajstić information content (AvgIpc) is 2.65. The molecule has 1 N–H and O–H groups in total. The molecule has 8 heteroatoms. The number of sulfonamides is 1. The van der Waals surface area contributed by atoms with Crippen LogP contribution in [0.5, 0.6) is 11.5 Å². The largest absolute Gasteiger partial charge is 0.492 e. The van der Waals surface area contributed by atoms with E-state index in [0.29, 0.717) is 18.0 Å². The maximum absolute atomic E-state index is 12.5. The van der Waals surface area contributed by atoms with Crippen LogP contribution in [0.2, 0.25) is 0 Å². The summed E-state index contributed by atoms with van der Waals surface area (Å²) < 4.78 is 36.9. The molecule has 29 heavy (non-hydrogen) atoms. The van der Waals surface area contributed by atoms with Gasteiger partial charge in [-0.15, -0.1) is 0 Å². The molecule has 0 fully saturated rings. The lowest BCUT2D eigenvalue weighted by molar-refractivity contribution is -0.120. The number of amides is 1. The van der Waals surface area contributed by atoms with Gasteiger partial charge >= 0.3 is 0 Å². The number of aryl methyl sites for hydroxylation is 1. The summed E-state index contributed by atoms with van der Waals surface area (Å²) >= 11 is 0. The molecule has 0 bridgehead atoms. The molecule has 2 aromatic carbocycles. The van der Waals surface area contributed by atoms with E-state index in [1.165, 1.54) is 0 Å². The highest BCUT2D eigenvalue weighted by atomic mass is 32.2. The third-order valence-corrected chi connectivity index (χ3v) is 5.24.